The van der Waals surface area contributed by atoms with Crippen LogP contribution in [0.15, 0.2) is 36.5 Å². The monoisotopic (exact) mass is 342 g/mol. The number of hydrogen-bond acceptors (Lipinski definition) is 4. The summed E-state index contributed by atoms with van der Waals surface area (Å²) < 4.78 is 15.4. The number of carbonyl (C=O) groups is 2. The lowest BCUT2D eigenvalue weighted by molar-refractivity contribution is -0.139. The first-order chi connectivity index (χ1) is 11.9. The topological polar surface area (TPSA) is 96.6 Å². The van der Waals surface area contributed by atoms with Crippen molar-refractivity contribution in [1.29, 1.82) is 0 Å². The number of carboxylic acids is 1. The maximum Gasteiger partial charge on any atom is 0.331 e. The number of amides is 1. The minimum absolute atomic E-state index is 0.120. The fourth-order valence-corrected chi connectivity index (χ4v) is 2.62. The smallest absolute Gasteiger partial charge is 0.331 e. The molecule has 2 heterocycles. The average Bonchev–Trinajstić information content (AvgIpc) is 2.97. The third kappa shape index (κ3) is 3.06. The summed E-state index contributed by atoms with van der Waals surface area (Å²) in [4.78, 5) is 28.3. The van der Waals surface area contributed by atoms with Gasteiger partial charge in [-0.1, -0.05) is 18.2 Å². The summed E-state index contributed by atoms with van der Waals surface area (Å²) in [5.74, 6) is -2.77. The van der Waals surface area contributed by atoms with Crippen molar-refractivity contribution in [2.45, 2.75) is 19.9 Å². The minimum Gasteiger partial charge on any atom is -0.479 e. The number of rotatable bonds is 4. The second-order valence-electron chi connectivity index (χ2n) is 5.60. The van der Waals surface area contributed by atoms with E-state index in [1.807, 2.05) is 6.92 Å². The summed E-state index contributed by atoms with van der Waals surface area (Å²) in [6, 6.07) is 5.69. The SMILES string of the molecule is Cc1cc(C)n2ncc(C(=O)NC(C(=O)O)c3ccccc3F)c2n1. The van der Waals surface area contributed by atoms with Crippen LogP contribution in [0, 0.1) is 19.7 Å². The van der Waals surface area contributed by atoms with E-state index < -0.39 is 23.7 Å². The molecule has 128 valence electrons. The summed E-state index contributed by atoms with van der Waals surface area (Å²) in [6.07, 6.45) is 1.31. The molecule has 1 amide bonds. The lowest BCUT2D eigenvalue weighted by Gasteiger charge is -2.15. The van der Waals surface area contributed by atoms with Crippen LogP contribution in [-0.4, -0.2) is 31.6 Å². The third-order valence-electron chi connectivity index (χ3n) is 3.76. The van der Waals surface area contributed by atoms with E-state index in [-0.39, 0.29) is 11.1 Å². The molecule has 1 unspecified atom stereocenters. The van der Waals surface area contributed by atoms with E-state index in [4.69, 9.17) is 0 Å². The third-order valence-corrected chi connectivity index (χ3v) is 3.76. The van der Waals surface area contributed by atoms with Crippen LogP contribution in [0.5, 0.6) is 0 Å². The second-order valence-corrected chi connectivity index (χ2v) is 5.60. The predicted molar refractivity (Wildman–Crippen MR) is 86.7 cm³/mol. The van der Waals surface area contributed by atoms with E-state index in [1.165, 1.54) is 28.9 Å². The number of nitrogens with one attached hydrogen (secondary N) is 1. The molecule has 3 rings (SSSR count). The fourth-order valence-electron chi connectivity index (χ4n) is 2.62. The Bertz CT molecular complexity index is 983. The zero-order valence-electron chi connectivity index (χ0n) is 13.5. The molecule has 3 aromatic rings. The Balaban J connectivity index is 1.98. The van der Waals surface area contributed by atoms with Crippen molar-refractivity contribution in [1.82, 2.24) is 19.9 Å². The number of aromatic nitrogens is 3. The molecule has 0 aliphatic rings. The molecular formula is C17H15FN4O3. The van der Waals surface area contributed by atoms with Crippen LogP contribution in [0.1, 0.15) is 33.4 Å². The highest BCUT2D eigenvalue weighted by Gasteiger charge is 2.27. The normalized spacial score (nSPS) is 12.1. The van der Waals surface area contributed by atoms with Crippen LogP contribution in [-0.2, 0) is 4.79 Å². The van der Waals surface area contributed by atoms with E-state index in [0.717, 1.165) is 11.8 Å². The average molecular weight is 342 g/mol. The van der Waals surface area contributed by atoms with Gasteiger partial charge in [-0.2, -0.15) is 5.10 Å². The van der Waals surface area contributed by atoms with Crippen molar-refractivity contribution in [3.8, 4) is 0 Å². The number of hydrogen-bond donors (Lipinski definition) is 2. The van der Waals surface area contributed by atoms with Gasteiger partial charge in [0.05, 0.1) is 6.20 Å². The second kappa shape index (κ2) is 6.31. The molecule has 0 aliphatic carbocycles. The van der Waals surface area contributed by atoms with Crippen molar-refractivity contribution in [2.75, 3.05) is 0 Å². The van der Waals surface area contributed by atoms with Gasteiger partial charge in [-0.05, 0) is 26.0 Å². The van der Waals surface area contributed by atoms with Crippen molar-refractivity contribution in [2.24, 2.45) is 0 Å². The highest BCUT2D eigenvalue weighted by molar-refractivity contribution is 6.01. The number of fused-ring (bicyclic) bond motifs is 1. The largest absolute Gasteiger partial charge is 0.479 e. The van der Waals surface area contributed by atoms with Gasteiger partial charge in [0.1, 0.15) is 11.4 Å². The Hall–Kier alpha value is -3.29. The molecule has 1 atom stereocenters. The van der Waals surface area contributed by atoms with Gasteiger partial charge in [0, 0.05) is 17.0 Å². The van der Waals surface area contributed by atoms with Gasteiger partial charge in [-0.15, -0.1) is 0 Å². The van der Waals surface area contributed by atoms with E-state index in [1.54, 1.807) is 13.0 Å². The van der Waals surface area contributed by atoms with Gasteiger partial charge in [-0.3, -0.25) is 4.79 Å². The van der Waals surface area contributed by atoms with E-state index >= 15 is 0 Å². The molecular weight excluding hydrogens is 327 g/mol. The van der Waals surface area contributed by atoms with Gasteiger partial charge in [0.15, 0.2) is 11.7 Å². The number of nitrogens with zero attached hydrogens (tertiary/aromatic N) is 3. The van der Waals surface area contributed by atoms with Crippen molar-refractivity contribution in [3.63, 3.8) is 0 Å². The molecule has 2 aromatic heterocycles. The Morgan fingerprint density at radius 1 is 1.28 bits per heavy atom. The Kier molecular flexibility index (Phi) is 4.18. The molecule has 0 fully saturated rings. The number of halogens is 1. The van der Waals surface area contributed by atoms with Crippen LogP contribution >= 0.6 is 0 Å². The molecule has 1 aromatic carbocycles. The molecule has 0 radical (unpaired) electrons. The van der Waals surface area contributed by atoms with Gasteiger partial charge in [0.2, 0.25) is 0 Å². The zero-order valence-corrected chi connectivity index (χ0v) is 13.5. The Morgan fingerprint density at radius 2 is 2.00 bits per heavy atom. The minimum atomic E-state index is -1.52. The number of carboxylic acid groups (broad SMARTS) is 1. The molecule has 2 N–H and O–H groups in total. The van der Waals surface area contributed by atoms with Gasteiger partial charge in [0.25, 0.3) is 5.91 Å². The molecule has 8 heteroatoms. The van der Waals surface area contributed by atoms with Crippen molar-refractivity contribution >= 4 is 17.5 Å². The summed E-state index contributed by atoms with van der Waals surface area (Å²) >= 11 is 0. The van der Waals surface area contributed by atoms with Gasteiger partial charge in [-0.25, -0.2) is 18.7 Å². The Labute approximate surface area is 142 Å². The molecule has 25 heavy (non-hydrogen) atoms. The van der Waals surface area contributed by atoms with Crippen LogP contribution < -0.4 is 5.32 Å². The number of benzene rings is 1. The van der Waals surface area contributed by atoms with Gasteiger partial charge < -0.3 is 10.4 Å². The van der Waals surface area contributed by atoms with Crippen molar-refractivity contribution < 1.29 is 19.1 Å². The molecule has 0 aliphatic heterocycles. The number of carbonyl (C=O) groups excluding carboxylic acids is 1. The van der Waals surface area contributed by atoms with Gasteiger partial charge >= 0.3 is 5.97 Å². The highest BCUT2D eigenvalue weighted by Crippen LogP contribution is 2.19. The Morgan fingerprint density at radius 3 is 2.68 bits per heavy atom. The van der Waals surface area contributed by atoms with E-state index in [9.17, 15) is 19.1 Å². The standard InChI is InChI=1S/C17H15FN4O3/c1-9-7-10(2)22-15(20-9)12(8-19-22)16(23)21-14(17(24)25)11-5-3-4-6-13(11)18/h3-8,14H,1-2H3,(H,21,23)(H,24,25). The first kappa shape index (κ1) is 16.6. The van der Waals surface area contributed by atoms with Crippen LogP contribution in [0.4, 0.5) is 4.39 Å². The molecule has 0 bridgehead atoms. The molecule has 0 saturated heterocycles. The predicted octanol–water partition coefficient (Wildman–Crippen LogP) is 2.04. The zero-order chi connectivity index (χ0) is 18.1. The quantitative estimate of drug-likeness (QED) is 0.756. The number of aliphatic carboxylic acids is 1. The molecule has 7 nitrogen and oxygen atoms in total. The lowest BCUT2D eigenvalue weighted by atomic mass is 10.1. The van der Waals surface area contributed by atoms with E-state index in [2.05, 4.69) is 15.4 Å². The van der Waals surface area contributed by atoms with Crippen LogP contribution in [0.2, 0.25) is 0 Å². The molecule has 0 spiro atoms. The summed E-state index contributed by atoms with van der Waals surface area (Å²) in [5, 5.41) is 15.8. The summed E-state index contributed by atoms with van der Waals surface area (Å²) in [7, 11) is 0. The lowest BCUT2D eigenvalue weighted by Crippen LogP contribution is -2.34. The summed E-state index contributed by atoms with van der Waals surface area (Å²) in [6.45, 7) is 3.59. The van der Waals surface area contributed by atoms with Crippen molar-refractivity contribution in [3.05, 3.63) is 64.9 Å². The number of aryl methyl sites for hydroxylation is 2. The molecule has 0 saturated carbocycles. The maximum absolute atomic E-state index is 13.9. The van der Waals surface area contributed by atoms with E-state index in [0.29, 0.717) is 11.3 Å². The maximum atomic E-state index is 13.9. The summed E-state index contributed by atoms with van der Waals surface area (Å²) in [5.41, 5.74) is 1.79. The highest BCUT2D eigenvalue weighted by atomic mass is 19.1. The fraction of sp³-hybridized carbons (Fsp3) is 0.176. The van der Waals surface area contributed by atoms with Crippen LogP contribution in [0.3, 0.4) is 0 Å². The van der Waals surface area contributed by atoms with Crippen LogP contribution in [0.25, 0.3) is 5.65 Å². The first-order valence-corrected chi connectivity index (χ1v) is 7.48. The first-order valence-electron chi connectivity index (χ1n) is 7.48.